The van der Waals surface area contributed by atoms with Crippen molar-refractivity contribution in [3.05, 3.63) is 66.1 Å². The van der Waals surface area contributed by atoms with Crippen LogP contribution in [0.4, 0.5) is 0 Å². The van der Waals surface area contributed by atoms with E-state index in [0.717, 1.165) is 80.4 Å². The molecule has 2 aliphatic rings. The Morgan fingerprint density at radius 1 is 0.970 bits per heavy atom. The van der Waals surface area contributed by atoms with E-state index in [0.29, 0.717) is 5.89 Å². The molecule has 5 rings (SSSR count). The van der Waals surface area contributed by atoms with Crippen LogP contribution in [0.25, 0.3) is 11.5 Å². The van der Waals surface area contributed by atoms with Crippen LogP contribution in [0.2, 0.25) is 0 Å². The summed E-state index contributed by atoms with van der Waals surface area (Å²) in [6.45, 7) is 10.2. The second kappa shape index (κ2) is 10.5. The van der Waals surface area contributed by atoms with Crippen molar-refractivity contribution in [3.63, 3.8) is 0 Å². The van der Waals surface area contributed by atoms with Gasteiger partial charge in [0.15, 0.2) is 0 Å². The molecule has 2 aliphatic heterocycles. The number of hydrogen-bond donors (Lipinski definition) is 0. The topological polar surface area (TPSA) is 51.0 Å². The smallest absolute Gasteiger partial charge is 0.226 e. The predicted octanol–water partition coefficient (Wildman–Crippen LogP) is 4.99. The van der Waals surface area contributed by atoms with E-state index in [-0.39, 0.29) is 0 Å². The van der Waals surface area contributed by atoms with Crippen molar-refractivity contribution in [2.45, 2.75) is 26.3 Å². The SMILES string of the molecule is Cc1oc(-c2cccc(Oc3ccccc3)c2)nc1CN1CCC[C@H](CN2CCOCC2)C1. The second-order valence-electron chi connectivity index (χ2n) is 9.12. The molecule has 6 heteroatoms. The number of aryl methyl sites for hydroxylation is 1. The lowest BCUT2D eigenvalue weighted by Crippen LogP contribution is -2.44. The van der Waals surface area contributed by atoms with Gasteiger partial charge < -0.3 is 13.9 Å². The van der Waals surface area contributed by atoms with Crippen LogP contribution in [-0.4, -0.2) is 60.7 Å². The summed E-state index contributed by atoms with van der Waals surface area (Å²) < 4.78 is 17.6. The summed E-state index contributed by atoms with van der Waals surface area (Å²) in [5.41, 5.74) is 1.97. The van der Waals surface area contributed by atoms with E-state index >= 15 is 0 Å². The van der Waals surface area contributed by atoms with Crippen LogP contribution in [0.1, 0.15) is 24.3 Å². The number of aromatic nitrogens is 1. The maximum Gasteiger partial charge on any atom is 0.226 e. The first-order valence-corrected chi connectivity index (χ1v) is 12.0. The molecule has 6 nitrogen and oxygen atoms in total. The standard InChI is InChI=1S/C27H33N3O3/c1-21-26(20-30-12-6-7-22(19-30)18-29-13-15-31-16-14-29)28-27(32-21)23-8-5-11-25(17-23)33-24-9-3-2-4-10-24/h2-5,8-11,17,22H,6-7,12-16,18-20H2,1H3/t22-/m1/s1. The zero-order valence-electron chi connectivity index (χ0n) is 19.4. The number of likely N-dealkylation sites (tertiary alicyclic amines) is 1. The van der Waals surface area contributed by atoms with Crippen molar-refractivity contribution in [1.82, 2.24) is 14.8 Å². The van der Waals surface area contributed by atoms with Crippen molar-refractivity contribution in [2.24, 2.45) is 5.92 Å². The fourth-order valence-corrected chi connectivity index (χ4v) is 4.82. The summed E-state index contributed by atoms with van der Waals surface area (Å²) in [4.78, 5) is 9.97. The molecule has 3 aromatic rings. The van der Waals surface area contributed by atoms with Crippen LogP contribution < -0.4 is 4.74 Å². The fourth-order valence-electron chi connectivity index (χ4n) is 4.82. The van der Waals surface area contributed by atoms with Crippen LogP contribution in [0.15, 0.2) is 59.0 Å². The summed E-state index contributed by atoms with van der Waals surface area (Å²) >= 11 is 0. The van der Waals surface area contributed by atoms with Gasteiger partial charge >= 0.3 is 0 Å². The van der Waals surface area contributed by atoms with Gasteiger partial charge in [-0.05, 0) is 62.6 Å². The lowest BCUT2D eigenvalue weighted by molar-refractivity contribution is 0.0223. The molecule has 33 heavy (non-hydrogen) atoms. The predicted molar refractivity (Wildman–Crippen MR) is 128 cm³/mol. The van der Waals surface area contributed by atoms with Crippen LogP contribution >= 0.6 is 0 Å². The third-order valence-corrected chi connectivity index (χ3v) is 6.55. The van der Waals surface area contributed by atoms with E-state index in [9.17, 15) is 0 Å². The van der Waals surface area contributed by atoms with Crippen molar-refractivity contribution in [1.29, 1.82) is 0 Å². The first-order valence-electron chi connectivity index (χ1n) is 12.0. The Kier molecular flexibility index (Phi) is 7.05. The maximum atomic E-state index is 6.08. The molecule has 2 fully saturated rings. The number of oxazole rings is 1. The molecular weight excluding hydrogens is 414 g/mol. The van der Waals surface area contributed by atoms with Crippen molar-refractivity contribution in [3.8, 4) is 23.0 Å². The zero-order valence-corrected chi connectivity index (χ0v) is 19.4. The number of hydrogen-bond acceptors (Lipinski definition) is 6. The Balaban J connectivity index is 1.23. The van der Waals surface area contributed by atoms with Crippen LogP contribution in [0, 0.1) is 12.8 Å². The minimum atomic E-state index is 0.655. The van der Waals surface area contributed by atoms with E-state index in [1.165, 1.54) is 19.4 Å². The van der Waals surface area contributed by atoms with Gasteiger partial charge in [0.25, 0.3) is 0 Å². The minimum Gasteiger partial charge on any atom is -0.457 e. The van der Waals surface area contributed by atoms with Gasteiger partial charge in [0.05, 0.1) is 18.9 Å². The van der Waals surface area contributed by atoms with Gasteiger partial charge in [-0.25, -0.2) is 4.98 Å². The van der Waals surface area contributed by atoms with Crippen LogP contribution in [-0.2, 0) is 11.3 Å². The van der Waals surface area contributed by atoms with E-state index in [2.05, 4.69) is 9.80 Å². The zero-order chi connectivity index (χ0) is 22.5. The molecule has 0 bridgehead atoms. The summed E-state index contributed by atoms with van der Waals surface area (Å²) in [5.74, 6) is 3.86. The second-order valence-corrected chi connectivity index (χ2v) is 9.12. The highest BCUT2D eigenvalue weighted by molar-refractivity contribution is 5.57. The molecule has 1 atom stereocenters. The number of rotatable bonds is 7. The monoisotopic (exact) mass is 447 g/mol. The molecular formula is C27H33N3O3. The van der Waals surface area contributed by atoms with Gasteiger partial charge in [0.1, 0.15) is 17.3 Å². The van der Waals surface area contributed by atoms with Gasteiger partial charge in [-0.1, -0.05) is 24.3 Å². The number of morpholine rings is 1. The van der Waals surface area contributed by atoms with Crippen LogP contribution in [0.3, 0.4) is 0 Å². The quantitative estimate of drug-likeness (QED) is 0.509. The molecule has 0 N–H and O–H groups in total. The van der Waals surface area contributed by atoms with Gasteiger partial charge in [-0.15, -0.1) is 0 Å². The average molecular weight is 448 g/mol. The van der Waals surface area contributed by atoms with Gasteiger partial charge in [0.2, 0.25) is 5.89 Å². The number of piperidine rings is 1. The maximum absolute atomic E-state index is 6.08. The molecule has 174 valence electrons. The minimum absolute atomic E-state index is 0.655. The van der Waals surface area contributed by atoms with E-state index in [4.69, 9.17) is 18.9 Å². The largest absolute Gasteiger partial charge is 0.457 e. The van der Waals surface area contributed by atoms with Gasteiger partial charge in [-0.3, -0.25) is 9.80 Å². The van der Waals surface area contributed by atoms with E-state index in [1.54, 1.807) is 0 Å². The lowest BCUT2D eigenvalue weighted by Gasteiger charge is -2.36. The number of nitrogens with zero attached hydrogens (tertiary/aromatic N) is 3. The third-order valence-electron chi connectivity index (χ3n) is 6.55. The van der Waals surface area contributed by atoms with Crippen molar-refractivity contribution >= 4 is 0 Å². The lowest BCUT2D eigenvalue weighted by atomic mass is 9.97. The molecule has 1 aromatic heterocycles. The molecule has 0 aliphatic carbocycles. The Hall–Kier alpha value is -2.67. The van der Waals surface area contributed by atoms with Crippen LogP contribution in [0.5, 0.6) is 11.5 Å². The van der Waals surface area contributed by atoms with Gasteiger partial charge in [-0.2, -0.15) is 0 Å². The molecule has 0 saturated carbocycles. The normalized spacial score (nSPS) is 20.1. The first-order chi connectivity index (χ1) is 16.2. The molecule has 0 amide bonds. The third kappa shape index (κ3) is 5.82. The summed E-state index contributed by atoms with van der Waals surface area (Å²) in [7, 11) is 0. The highest BCUT2D eigenvalue weighted by atomic mass is 16.5. The number of para-hydroxylation sites is 1. The average Bonchev–Trinajstić information content (AvgIpc) is 3.21. The Labute approximate surface area is 196 Å². The molecule has 2 saturated heterocycles. The van der Waals surface area contributed by atoms with E-state index in [1.807, 2.05) is 61.5 Å². The first kappa shape index (κ1) is 22.1. The van der Waals surface area contributed by atoms with Gasteiger partial charge in [0, 0.05) is 38.3 Å². The molecule has 3 heterocycles. The molecule has 2 aromatic carbocycles. The number of benzene rings is 2. The summed E-state index contributed by atoms with van der Waals surface area (Å²) in [6, 6.07) is 17.8. The van der Waals surface area contributed by atoms with Crippen molar-refractivity contribution in [2.75, 3.05) is 45.9 Å². The molecule has 0 unspecified atom stereocenters. The molecule has 0 radical (unpaired) electrons. The number of ether oxygens (including phenoxy) is 2. The highest BCUT2D eigenvalue weighted by Crippen LogP contribution is 2.29. The van der Waals surface area contributed by atoms with Crippen molar-refractivity contribution < 1.29 is 13.9 Å². The Morgan fingerprint density at radius 2 is 1.79 bits per heavy atom. The summed E-state index contributed by atoms with van der Waals surface area (Å²) in [6.07, 6.45) is 2.56. The van der Waals surface area contributed by atoms with E-state index < -0.39 is 0 Å². The molecule has 0 spiro atoms. The Bertz CT molecular complexity index is 1030. The Morgan fingerprint density at radius 3 is 2.64 bits per heavy atom. The fraction of sp³-hybridized carbons (Fsp3) is 0.444. The summed E-state index contributed by atoms with van der Waals surface area (Å²) in [5, 5.41) is 0. The highest BCUT2D eigenvalue weighted by Gasteiger charge is 2.24.